The molecule has 150 valence electrons. The smallest absolute Gasteiger partial charge is 0.265 e. The normalized spacial score (nSPS) is 12.1. The average Bonchev–Trinajstić information content (AvgIpc) is 3.19. The SMILES string of the molecule is COc1cc2[nH]c(=O)c(C(=O)NCc3ccc4c(c3)OCO4)c(O)c2cc1OC. The topological polar surface area (TPSA) is 119 Å². The first-order chi connectivity index (χ1) is 14.0. The van der Waals surface area contributed by atoms with Crippen molar-refractivity contribution in [1.29, 1.82) is 0 Å². The van der Waals surface area contributed by atoms with E-state index in [-0.39, 0.29) is 24.3 Å². The van der Waals surface area contributed by atoms with Gasteiger partial charge in [0.05, 0.1) is 19.7 Å². The molecule has 0 bridgehead atoms. The summed E-state index contributed by atoms with van der Waals surface area (Å²) in [5.74, 6) is 0.812. The number of hydrogen-bond acceptors (Lipinski definition) is 7. The Labute approximate surface area is 164 Å². The van der Waals surface area contributed by atoms with Crippen molar-refractivity contribution in [2.75, 3.05) is 21.0 Å². The molecule has 1 aromatic heterocycles. The number of fused-ring (bicyclic) bond motifs is 2. The molecule has 2 heterocycles. The van der Waals surface area contributed by atoms with Crippen molar-refractivity contribution < 1.29 is 28.8 Å². The molecule has 1 aliphatic rings. The number of methoxy groups -OCH3 is 2. The van der Waals surface area contributed by atoms with Crippen molar-refractivity contribution >= 4 is 16.8 Å². The van der Waals surface area contributed by atoms with Gasteiger partial charge in [-0.15, -0.1) is 0 Å². The van der Waals surface area contributed by atoms with Crippen LogP contribution in [0.5, 0.6) is 28.7 Å². The van der Waals surface area contributed by atoms with Crippen molar-refractivity contribution in [3.8, 4) is 28.7 Å². The lowest BCUT2D eigenvalue weighted by molar-refractivity contribution is 0.0947. The molecule has 3 N–H and O–H groups in total. The van der Waals surface area contributed by atoms with Gasteiger partial charge in [0.25, 0.3) is 11.5 Å². The Morgan fingerprint density at radius 3 is 2.62 bits per heavy atom. The number of carbonyl (C=O) groups is 1. The number of nitrogens with one attached hydrogen (secondary N) is 2. The van der Waals surface area contributed by atoms with Crippen molar-refractivity contribution in [2.24, 2.45) is 0 Å². The molecule has 3 aromatic rings. The summed E-state index contributed by atoms with van der Waals surface area (Å²) in [6.07, 6.45) is 0. The van der Waals surface area contributed by atoms with Crippen LogP contribution in [0.1, 0.15) is 15.9 Å². The number of amides is 1. The highest BCUT2D eigenvalue weighted by atomic mass is 16.7. The predicted octanol–water partition coefficient (Wildman–Crippen LogP) is 1.91. The molecule has 4 rings (SSSR count). The highest BCUT2D eigenvalue weighted by molar-refractivity contribution is 6.02. The molecule has 0 unspecified atom stereocenters. The zero-order valence-corrected chi connectivity index (χ0v) is 15.7. The third-order valence-corrected chi connectivity index (χ3v) is 4.61. The quantitative estimate of drug-likeness (QED) is 0.601. The summed E-state index contributed by atoms with van der Waals surface area (Å²) >= 11 is 0. The van der Waals surface area contributed by atoms with E-state index in [0.29, 0.717) is 28.5 Å². The zero-order valence-electron chi connectivity index (χ0n) is 15.7. The van der Waals surface area contributed by atoms with Crippen LogP contribution in [-0.2, 0) is 6.54 Å². The summed E-state index contributed by atoms with van der Waals surface area (Å²) in [6.45, 7) is 0.290. The van der Waals surface area contributed by atoms with Crippen molar-refractivity contribution in [1.82, 2.24) is 10.3 Å². The molecule has 29 heavy (non-hydrogen) atoms. The van der Waals surface area contributed by atoms with Gasteiger partial charge < -0.3 is 34.4 Å². The molecule has 0 radical (unpaired) electrons. The van der Waals surface area contributed by atoms with E-state index in [0.717, 1.165) is 5.56 Å². The van der Waals surface area contributed by atoms with E-state index in [4.69, 9.17) is 18.9 Å². The first kappa shape index (κ1) is 18.5. The zero-order chi connectivity index (χ0) is 20.5. The number of aromatic hydroxyl groups is 1. The number of pyridine rings is 1. The summed E-state index contributed by atoms with van der Waals surface area (Å²) in [5.41, 5.74) is -0.0287. The fourth-order valence-corrected chi connectivity index (χ4v) is 3.14. The van der Waals surface area contributed by atoms with Gasteiger partial charge in [0.1, 0.15) is 11.3 Å². The third-order valence-electron chi connectivity index (χ3n) is 4.61. The van der Waals surface area contributed by atoms with Gasteiger partial charge in [0, 0.05) is 18.0 Å². The van der Waals surface area contributed by atoms with Crippen LogP contribution in [0.3, 0.4) is 0 Å². The Bertz CT molecular complexity index is 1170. The monoisotopic (exact) mass is 398 g/mol. The Morgan fingerprint density at radius 2 is 1.86 bits per heavy atom. The lowest BCUT2D eigenvalue weighted by Crippen LogP contribution is -2.29. The van der Waals surface area contributed by atoms with Gasteiger partial charge in [-0.1, -0.05) is 6.07 Å². The van der Waals surface area contributed by atoms with Crippen LogP contribution in [0.2, 0.25) is 0 Å². The highest BCUT2D eigenvalue weighted by Crippen LogP contribution is 2.35. The van der Waals surface area contributed by atoms with Crippen LogP contribution < -0.4 is 29.8 Å². The van der Waals surface area contributed by atoms with Crippen LogP contribution in [0.15, 0.2) is 35.1 Å². The number of aromatic amines is 1. The Kier molecular flexibility index (Phi) is 4.63. The van der Waals surface area contributed by atoms with Gasteiger partial charge in [-0.25, -0.2) is 0 Å². The van der Waals surface area contributed by atoms with Gasteiger partial charge in [-0.2, -0.15) is 0 Å². The van der Waals surface area contributed by atoms with E-state index in [1.165, 1.54) is 26.4 Å². The van der Waals surface area contributed by atoms with E-state index >= 15 is 0 Å². The minimum absolute atomic E-state index is 0.137. The van der Waals surface area contributed by atoms with Gasteiger partial charge in [0.15, 0.2) is 23.0 Å². The average molecular weight is 398 g/mol. The van der Waals surface area contributed by atoms with Gasteiger partial charge in [-0.05, 0) is 23.8 Å². The molecule has 9 heteroatoms. The first-order valence-electron chi connectivity index (χ1n) is 8.69. The van der Waals surface area contributed by atoms with Crippen LogP contribution in [0.25, 0.3) is 10.9 Å². The fourth-order valence-electron chi connectivity index (χ4n) is 3.14. The number of carbonyl (C=O) groups excluding carboxylic acids is 1. The molecule has 2 aromatic carbocycles. The molecule has 0 atom stereocenters. The molecule has 0 saturated heterocycles. The molecule has 0 aliphatic carbocycles. The van der Waals surface area contributed by atoms with E-state index < -0.39 is 17.2 Å². The standard InChI is InChI=1S/C20H18N2O7/c1-26-14-6-11-12(7-15(14)27-2)22-20(25)17(18(11)23)19(24)21-8-10-3-4-13-16(5-10)29-9-28-13/h3-7H,8-9H2,1-2H3,(H,21,24)(H2,22,23,25). The van der Waals surface area contributed by atoms with Crippen molar-refractivity contribution in [3.63, 3.8) is 0 Å². The number of aromatic nitrogens is 1. The van der Waals surface area contributed by atoms with E-state index in [1.807, 2.05) is 0 Å². The summed E-state index contributed by atoms with van der Waals surface area (Å²) in [5, 5.41) is 13.5. The van der Waals surface area contributed by atoms with E-state index in [2.05, 4.69) is 10.3 Å². The third kappa shape index (κ3) is 3.27. The lowest BCUT2D eigenvalue weighted by Gasteiger charge is -2.12. The van der Waals surface area contributed by atoms with Gasteiger partial charge >= 0.3 is 0 Å². The van der Waals surface area contributed by atoms with Crippen LogP contribution >= 0.6 is 0 Å². The number of hydrogen-bond donors (Lipinski definition) is 3. The number of benzene rings is 2. The minimum Gasteiger partial charge on any atom is -0.506 e. The van der Waals surface area contributed by atoms with Gasteiger partial charge in [0.2, 0.25) is 6.79 Å². The second kappa shape index (κ2) is 7.27. The maximum Gasteiger partial charge on any atom is 0.265 e. The Hall–Kier alpha value is -3.88. The predicted molar refractivity (Wildman–Crippen MR) is 103 cm³/mol. The van der Waals surface area contributed by atoms with E-state index in [9.17, 15) is 14.7 Å². The summed E-state index contributed by atoms with van der Waals surface area (Å²) in [6, 6.07) is 8.26. The van der Waals surface area contributed by atoms with Crippen molar-refractivity contribution in [2.45, 2.75) is 6.54 Å². The van der Waals surface area contributed by atoms with Crippen molar-refractivity contribution in [3.05, 3.63) is 51.8 Å². The van der Waals surface area contributed by atoms with Gasteiger partial charge in [-0.3, -0.25) is 9.59 Å². The summed E-state index contributed by atoms with van der Waals surface area (Å²) in [4.78, 5) is 27.6. The summed E-state index contributed by atoms with van der Waals surface area (Å²) in [7, 11) is 2.91. The summed E-state index contributed by atoms with van der Waals surface area (Å²) < 4.78 is 21.0. The lowest BCUT2D eigenvalue weighted by atomic mass is 10.1. The number of rotatable bonds is 5. The maximum atomic E-state index is 12.6. The van der Waals surface area contributed by atoms with Crippen LogP contribution in [-0.4, -0.2) is 37.0 Å². The molecular weight excluding hydrogens is 380 g/mol. The largest absolute Gasteiger partial charge is 0.506 e. The second-order valence-electron chi connectivity index (χ2n) is 6.30. The molecule has 9 nitrogen and oxygen atoms in total. The molecule has 0 saturated carbocycles. The Balaban J connectivity index is 1.64. The molecule has 0 spiro atoms. The molecule has 1 aliphatic heterocycles. The minimum atomic E-state index is -0.717. The second-order valence-corrected chi connectivity index (χ2v) is 6.30. The molecule has 1 amide bonds. The Morgan fingerprint density at radius 1 is 1.14 bits per heavy atom. The van der Waals surface area contributed by atoms with Crippen LogP contribution in [0, 0.1) is 0 Å². The van der Waals surface area contributed by atoms with Crippen LogP contribution in [0.4, 0.5) is 0 Å². The van der Waals surface area contributed by atoms with E-state index in [1.54, 1.807) is 18.2 Å². The number of ether oxygens (including phenoxy) is 4. The first-order valence-corrected chi connectivity index (χ1v) is 8.69. The fraction of sp³-hybridized carbons (Fsp3) is 0.200. The maximum absolute atomic E-state index is 12.6. The highest BCUT2D eigenvalue weighted by Gasteiger charge is 2.21. The molecule has 0 fully saturated rings. The molecular formula is C20H18N2O7. The number of H-pyrrole nitrogens is 1.